The highest BCUT2D eigenvalue weighted by atomic mass is 79.9. The molecule has 1 aromatic carbocycles. The second kappa shape index (κ2) is 6.26. The van der Waals surface area contributed by atoms with E-state index in [1.165, 1.54) is 11.3 Å². The van der Waals surface area contributed by atoms with Crippen LogP contribution >= 0.6 is 27.3 Å². The summed E-state index contributed by atoms with van der Waals surface area (Å²) in [6.07, 6.45) is 0. The summed E-state index contributed by atoms with van der Waals surface area (Å²) in [5, 5.41) is 4.76. The topological polar surface area (TPSA) is 58.2 Å². The van der Waals surface area contributed by atoms with Crippen molar-refractivity contribution in [2.24, 2.45) is 0 Å². The van der Waals surface area contributed by atoms with Gasteiger partial charge in [0.1, 0.15) is 4.90 Å². The van der Waals surface area contributed by atoms with Gasteiger partial charge in [-0.15, -0.1) is 11.3 Å². The fraction of sp³-hybridized carbons (Fsp3) is 0.231. The highest BCUT2D eigenvalue weighted by Crippen LogP contribution is 2.26. The first-order valence-electron chi connectivity index (χ1n) is 5.94. The van der Waals surface area contributed by atoms with Crippen LogP contribution in [0.15, 0.2) is 39.0 Å². The summed E-state index contributed by atoms with van der Waals surface area (Å²) in [5.41, 5.74) is 1.54. The molecule has 1 heterocycles. The third-order valence-corrected chi connectivity index (χ3v) is 6.15. The number of anilines is 1. The molecule has 0 aliphatic rings. The van der Waals surface area contributed by atoms with Crippen LogP contribution in [0.5, 0.6) is 0 Å². The molecule has 0 saturated heterocycles. The Labute approximate surface area is 131 Å². The Balaban J connectivity index is 2.30. The summed E-state index contributed by atoms with van der Waals surface area (Å²) in [4.78, 5) is 1.13. The quantitative estimate of drug-likeness (QED) is 0.843. The zero-order chi connectivity index (χ0) is 14.8. The number of sulfonamides is 1. The molecule has 7 heteroatoms. The van der Waals surface area contributed by atoms with Gasteiger partial charge in [0, 0.05) is 21.6 Å². The van der Waals surface area contributed by atoms with Crippen molar-refractivity contribution in [3.05, 3.63) is 44.6 Å². The summed E-state index contributed by atoms with van der Waals surface area (Å²) < 4.78 is 28.4. The monoisotopic (exact) mass is 374 g/mol. The molecular weight excluding hydrogens is 360 g/mol. The van der Waals surface area contributed by atoms with Crippen LogP contribution in [0.25, 0.3) is 0 Å². The van der Waals surface area contributed by atoms with Gasteiger partial charge in [0.05, 0.1) is 0 Å². The highest BCUT2D eigenvalue weighted by Gasteiger charge is 2.19. The number of halogens is 1. The van der Waals surface area contributed by atoms with Crippen molar-refractivity contribution in [2.75, 3.05) is 11.8 Å². The highest BCUT2D eigenvalue weighted by molar-refractivity contribution is 9.10. The van der Waals surface area contributed by atoms with Gasteiger partial charge in [0.15, 0.2) is 0 Å². The molecule has 0 radical (unpaired) electrons. The fourth-order valence-electron chi connectivity index (χ4n) is 1.78. The number of hydrogen-bond acceptors (Lipinski definition) is 4. The van der Waals surface area contributed by atoms with Crippen LogP contribution in [0.2, 0.25) is 0 Å². The minimum Gasteiger partial charge on any atom is -0.315 e. The smallest absolute Gasteiger partial charge is 0.263 e. The van der Waals surface area contributed by atoms with E-state index in [0.29, 0.717) is 17.1 Å². The van der Waals surface area contributed by atoms with Crippen molar-refractivity contribution in [1.29, 1.82) is 0 Å². The van der Waals surface area contributed by atoms with Gasteiger partial charge in [-0.3, -0.25) is 4.72 Å². The van der Waals surface area contributed by atoms with E-state index in [2.05, 4.69) is 26.0 Å². The SMILES string of the molecule is CNCc1sccc1S(=O)(=O)Nc1ccc(Br)c(C)c1. The maximum atomic E-state index is 12.4. The van der Waals surface area contributed by atoms with Crippen LogP contribution in [-0.4, -0.2) is 15.5 Å². The van der Waals surface area contributed by atoms with Gasteiger partial charge in [-0.1, -0.05) is 15.9 Å². The zero-order valence-electron chi connectivity index (χ0n) is 11.1. The molecule has 0 bridgehead atoms. The lowest BCUT2D eigenvalue weighted by atomic mass is 10.2. The van der Waals surface area contributed by atoms with E-state index in [-0.39, 0.29) is 0 Å². The van der Waals surface area contributed by atoms with Crippen molar-refractivity contribution in [2.45, 2.75) is 18.4 Å². The van der Waals surface area contributed by atoms with E-state index < -0.39 is 10.0 Å². The zero-order valence-corrected chi connectivity index (χ0v) is 14.3. The summed E-state index contributed by atoms with van der Waals surface area (Å²) in [5.74, 6) is 0. The summed E-state index contributed by atoms with van der Waals surface area (Å²) in [6.45, 7) is 2.45. The van der Waals surface area contributed by atoms with E-state index >= 15 is 0 Å². The Morgan fingerprint density at radius 1 is 1.30 bits per heavy atom. The van der Waals surface area contributed by atoms with E-state index in [4.69, 9.17) is 0 Å². The Morgan fingerprint density at radius 3 is 2.70 bits per heavy atom. The second-order valence-corrected chi connectivity index (χ2v) is 7.81. The van der Waals surface area contributed by atoms with Gasteiger partial charge in [-0.2, -0.15) is 0 Å². The van der Waals surface area contributed by atoms with Gasteiger partial charge in [-0.25, -0.2) is 8.42 Å². The summed E-state index contributed by atoms with van der Waals surface area (Å²) in [7, 11) is -1.75. The van der Waals surface area contributed by atoms with Gasteiger partial charge >= 0.3 is 0 Å². The maximum absolute atomic E-state index is 12.4. The van der Waals surface area contributed by atoms with Gasteiger partial charge in [0.2, 0.25) is 0 Å². The molecule has 2 N–H and O–H groups in total. The molecule has 0 aliphatic carbocycles. The number of rotatable bonds is 5. The number of aryl methyl sites for hydroxylation is 1. The minimum atomic E-state index is -3.55. The molecule has 0 aliphatic heterocycles. The normalized spacial score (nSPS) is 11.6. The molecule has 1 aromatic heterocycles. The maximum Gasteiger partial charge on any atom is 0.263 e. The Kier molecular flexibility index (Phi) is 4.85. The van der Waals surface area contributed by atoms with Crippen LogP contribution in [0.3, 0.4) is 0 Å². The predicted octanol–water partition coefficient (Wildman–Crippen LogP) is 3.34. The molecule has 20 heavy (non-hydrogen) atoms. The molecule has 0 amide bonds. The summed E-state index contributed by atoms with van der Waals surface area (Å²) in [6, 6.07) is 6.99. The molecule has 2 aromatic rings. The molecule has 0 fully saturated rings. The predicted molar refractivity (Wildman–Crippen MR) is 86.8 cm³/mol. The number of thiophene rings is 1. The van der Waals surface area contributed by atoms with Crippen molar-refractivity contribution in [3.8, 4) is 0 Å². The van der Waals surface area contributed by atoms with E-state index in [1.54, 1.807) is 30.6 Å². The lowest BCUT2D eigenvalue weighted by molar-refractivity contribution is 0.600. The number of hydrogen-bond donors (Lipinski definition) is 2. The lowest BCUT2D eigenvalue weighted by Gasteiger charge is -2.10. The molecule has 2 rings (SSSR count). The molecular formula is C13H15BrN2O2S2. The standard InChI is InChI=1S/C13H15BrN2O2S2/c1-9-7-10(3-4-11(9)14)16-20(17,18)13-5-6-19-12(13)8-15-2/h3-7,15-16H,8H2,1-2H3. The van der Waals surface area contributed by atoms with Gasteiger partial charge in [0.25, 0.3) is 10.0 Å². The van der Waals surface area contributed by atoms with Crippen LogP contribution in [0, 0.1) is 6.92 Å². The van der Waals surface area contributed by atoms with Crippen LogP contribution < -0.4 is 10.0 Å². The first kappa shape index (κ1) is 15.5. The number of nitrogens with one attached hydrogen (secondary N) is 2. The average Bonchev–Trinajstić information content (AvgIpc) is 2.83. The van der Waals surface area contributed by atoms with E-state index in [1.807, 2.05) is 13.0 Å². The second-order valence-electron chi connectivity index (χ2n) is 4.31. The van der Waals surface area contributed by atoms with E-state index in [0.717, 1.165) is 14.9 Å². The largest absolute Gasteiger partial charge is 0.315 e. The summed E-state index contributed by atoms with van der Waals surface area (Å²) >= 11 is 4.82. The third-order valence-electron chi connectivity index (χ3n) is 2.74. The Bertz CT molecular complexity index is 711. The van der Waals surface area contributed by atoms with Crippen LogP contribution in [0.4, 0.5) is 5.69 Å². The third kappa shape index (κ3) is 3.41. The molecule has 0 unspecified atom stereocenters. The van der Waals surface area contributed by atoms with Gasteiger partial charge < -0.3 is 5.32 Å². The van der Waals surface area contributed by atoms with Gasteiger partial charge in [-0.05, 0) is 49.2 Å². The number of benzene rings is 1. The molecule has 0 spiro atoms. The molecule has 0 saturated carbocycles. The lowest BCUT2D eigenvalue weighted by Crippen LogP contribution is -2.15. The van der Waals surface area contributed by atoms with Crippen molar-refractivity contribution >= 4 is 43.0 Å². The van der Waals surface area contributed by atoms with Crippen molar-refractivity contribution in [1.82, 2.24) is 5.32 Å². The average molecular weight is 375 g/mol. The molecule has 0 atom stereocenters. The van der Waals surface area contributed by atoms with Crippen LogP contribution in [-0.2, 0) is 16.6 Å². The Hall–Kier alpha value is -0.890. The minimum absolute atomic E-state index is 0.331. The molecule has 4 nitrogen and oxygen atoms in total. The Morgan fingerprint density at radius 2 is 2.05 bits per heavy atom. The van der Waals surface area contributed by atoms with E-state index in [9.17, 15) is 8.42 Å². The van der Waals surface area contributed by atoms with Crippen molar-refractivity contribution in [3.63, 3.8) is 0 Å². The first-order valence-corrected chi connectivity index (χ1v) is 9.09. The fourth-order valence-corrected chi connectivity index (χ4v) is 4.53. The molecule has 108 valence electrons. The van der Waals surface area contributed by atoms with Crippen molar-refractivity contribution < 1.29 is 8.42 Å². The first-order chi connectivity index (χ1) is 9.44. The van der Waals surface area contributed by atoms with Crippen LogP contribution in [0.1, 0.15) is 10.4 Å².